The van der Waals surface area contributed by atoms with Crippen molar-refractivity contribution < 1.29 is 25.3 Å². The van der Waals surface area contributed by atoms with E-state index in [0.717, 1.165) is 0 Å². The SMILES string of the molecule is O.O=C(O)C(=O)O.[Na]. The average Bonchev–Trinajstić information content (AvgIpc) is 1.36. The molecule has 0 aliphatic heterocycles. The Labute approximate surface area is 66.9 Å². The molecule has 6 heteroatoms. The van der Waals surface area contributed by atoms with Crippen molar-refractivity contribution in [3.63, 3.8) is 0 Å². The van der Waals surface area contributed by atoms with Crippen LogP contribution in [-0.2, 0) is 9.59 Å². The van der Waals surface area contributed by atoms with Crippen molar-refractivity contribution in [2.45, 2.75) is 0 Å². The van der Waals surface area contributed by atoms with Crippen molar-refractivity contribution >= 4 is 41.5 Å². The molecular formula is C2H4NaO5. The van der Waals surface area contributed by atoms with Crippen molar-refractivity contribution in [2.75, 3.05) is 0 Å². The third-order valence-corrected chi connectivity index (χ3v) is 0.183. The molecule has 5 nitrogen and oxygen atoms in total. The van der Waals surface area contributed by atoms with E-state index in [9.17, 15) is 0 Å². The predicted molar refractivity (Wildman–Crippen MR) is 24.6 cm³/mol. The van der Waals surface area contributed by atoms with E-state index in [2.05, 4.69) is 0 Å². The van der Waals surface area contributed by atoms with Gasteiger partial charge in [-0.1, -0.05) is 0 Å². The maximum absolute atomic E-state index is 9.10. The first-order chi connectivity index (χ1) is 2.64. The van der Waals surface area contributed by atoms with Gasteiger partial charge in [-0.05, 0) is 0 Å². The molecule has 0 aromatic rings. The Morgan fingerprint density at radius 2 is 1.12 bits per heavy atom. The first-order valence-corrected chi connectivity index (χ1v) is 1.11. The van der Waals surface area contributed by atoms with Gasteiger partial charge in [-0.25, -0.2) is 9.59 Å². The number of aliphatic carboxylic acids is 2. The zero-order chi connectivity index (χ0) is 5.15. The Morgan fingerprint density at radius 3 is 1.12 bits per heavy atom. The predicted octanol–water partition coefficient (Wildman–Crippen LogP) is -2.05. The zero-order valence-corrected chi connectivity index (χ0v) is 6.21. The fraction of sp³-hybridized carbons (Fsp3) is 0. The van der Waals surface area contributed by atoms with Crippen molar-refractivity contribution in [2.24, 2.45) is 0 Å². The van der Waals surface area contributed by atoms with E-state index in [1.54, 1.807) is 0 Å². The normalized spacial score (nSPS) is 5.50. The smallest absolute Gasteiger partial charge is 0.414 e. The molecule has 0 aliphatic carbocycles. The molecule has 0 saturated carbocycles. The van der Waals surface area contributed by atoms with Crippen LogP contribution in [0.5, 0.6) is 0 Å². The van der Waals surface area contributed by atoms with Gasteiger partial charge in [0.05, 0.1) is 0 Å². The quantitative estimate of drug-likeness (QED) is 0.291. The summed E-state index contributed by atoms with van der Waals surface area (Å²) in [7, 11) is 0. The largest absolute Gasteiger partial charge is 0.473 e. The number of carbonyl (C=O) groups is 2. The molecule has 4 N–H and O–H groups in total. The van der Waals surface area contributed by atoms with E-state index in [1.807, 2.05) is 0 Å². The standard InChI is InChI=1S/C2H2O4.Na.H2O/c3-1(4)2(5)6;;/h(H,3,4)(H,5,6);;1H2. The molecule has 1 radical (unpaired) electrons. The Morgan fingerprint density at radius 1 is 1.00 bits per heavy atom. The van der Waals surface area contributed by atoms with E-state index in [-0.39, 0.29) is 35.0 Å². The second kappa shape index (κ2) is 6.90. The van der Waals surface area contributed by atoms with Crippen LogP contribution in [0, 0.1) is 0 Å². The molecule has 0 atom stereocenters. The molecule has 0 heterocycles. The molecule has 0 aromatic heterocycles. The average molecular weight is 131 g/mol. The van der Waals surface area contributed by atoms with Gasteiger partial charge in [0.1, 0.15) is 0 Å². The molecule has 0 rings (SSSR count). The van der Waals surface area contributed by atoms with Crippen LogP contribution in [0.2, 0.25) is 0 Å². The molecule has 0 aliphatic rings. The molecule has 43 valence electrons. The second-order valence-corrected chi connectivity index (χ2v) is 0.610. The van der Waals surface area contributed by atoms with Crippen LogP contribution >= 0.6 is 0 Å². The summed E-state index contributed by atoms with van der Waals surface area (Å²) < 4.78 is 0. The third kappa shape index (κ3) is 9.31. The van der Waals surface area contributed by atoms with Gasteiger partial charge in [0.2, 0.25) is 0 Å². The Balaban J connectivity index is -0.000000125. The maximum Gasteiger partial charge on any atom is 0.414 e. The summed E-state index contributed by atoms with van der Waals surface area (Å²) in [5.41, 5.74) is 0. The number of rotatable bonds is 0. The minimum Gasteiger partial charge on any atom is -0.473 e. The Bertz CT molecular complexity index is 76.4. The van der Waals surface area contributed by atoms with Crippen LogP contribution in [0.4, 0.5) is 0 Å². The summed E-state index contributed by atoms with van der Waals surface area (Å²) in [5, 5.41) is 14.8. The molecule has 0 unspecified atom stereocenters. The number of hydrogen-bond donors (Lipinski definition) is 2. The summed E-state index contributed by atoms with van der Waals surface area (Å²) >= 11 is 0. The van der Waals surface area contributed by atoms with Gasteiger partial charge in [-0.15, -0.1) is 0 Å². The molecule has 0 saturated heterocycles. The van der Waals surface area contributed by atoms with Crippen LogP contribution in [0.1, 0.15) is 0 Å². The molecule has 8 heavy (non-hydrogen) atoms. The van der Waals surface area contributed by atoms with Gasteiger partial charge >= 0.3 is 11.9 Å². The fourth-order valence-corrected chi connectivity index (χ4v) is 0. The van der Waals surface area contributed by atoms with E-state index in [4.69, 9.17) is 19.8 Å². The Hall–Kier alpha value is -0.100. The third-order valence-electron chi connectivity index (χ3n) is 0.183. The molecule has 0 bridgehead atoms. The molecule has 0 fully saturated rings. The van der Waals surface area contributed by atoms with Crippen LogP contribution in [0.3, 0.4) is 0 Å². The van der Waals surface area contributed by atoms with E-state index < -0.39 is 11.9 Å². The van der Waals surface area contributed by atoms with Crippen LogP contribution in [0.25, 0.3) is 0 Å². The van der Waals surface area contributed by atoms with Gasteiger partial charge in [-0.3, -0.25) is 0 Å². The second-order valence-electron chi connectivity index (χ2n) is 0.610. The van der Waals surface area contributed by atoms with E-state index in [1.165, 1.54) is 0 Å². The van der Waals surface area contributed by atoms with Crippen LogP contribution in [0.15, 0.2) is 0 Å². The van der Waals surface area contributed by atoms with Gasteiger partial charge in [0.15, 0.2) is 0 Å². The minimum absolute atomic E-state index is 0. The number of carboxylic acid groups (broad SMARTS) is 2. The molecule has 0 aromatic carbocycles. The van der Waals surface area contributed by atoms with Crippen molar-refractivity contribution in [1.82, 2.24) is 0 Å². The molecular weight excluding hydrogens is 127 g/mol. The van der Waals surface area contributed by atoms with E-state index in [0.29, 0.717) is 0 Å². The first kappa shape index (κ1) is 15.7. The summed E-state index contributed by atoms with van der Waals surface area (Å²) in [6.45, 7) is 0. The van der Waals surface area contributed by atoms with Crippen LogP contribution < -0.4 is 0 Å². The molecule has 0 spiro atoms. The summed E-state index contributed by atoms with van der Waals surface area (Å²) in [6.07, 6.45) is 0. The van der Waals surface area contributed by atoms with E-state index >= 15 is 0 Å². The Kier molecular flexibility index (Phi) is 13.5. The summed E-state index contributed by atoms with van der Waals surface area (Å²) in [6, 6.07) is 0. The van der Waals surface area contributed by atoms with Crippen molar-refractivity contribution in [3.8, 4) is 0 Å². The fourth-order valence-electron chi connectivity index (χ4n) is 0. The molecule has 0 amide bonds. The summed E-state index contributed by atoms with van der Waals surface area (Å²) in [5.74, 6) is -3.65. The number of carboxylic acids is 2. The van der Waals surface area contributed by atoms with Gasteiger partial charge in [-0.2, -0.15) is 0 Å². The van der Waals surface area contributed by atoms with Gasteiger partial charge in [0.25, 0.3) is 0 Å². The minimum atomic E-state index is -1.82. The van der Waals surface area contributed by atoms with Gasteiger partial charge in [0, 0.05) is 29.6 Å². The summed E-state index contributed by atoms with van der Waals surface area (Å²) in [4.78, 5) is 18.2. The number of hydrogen-bond acceptors (Lipinski definition) is 2. The first-order valence-electron chi connectivity index (χ1n) is 1.11. The van der Waals surface area contributed by atoms with Crippen LogP contribution in [-0.4, -0.2) is 57.2 Å². The van der Waals surface area contributed by atoms with Crippen molar-refractivity contribution in [1.29, 1.82) is 0 Å². The topological polar surface area (TPSA) is 106 Å². The zero-order valence-electron chi connectivity index (χ0n) is 4.21. The van der Waals surface area contributed by atoms with Crippen molar-refractivity contribution in [3.05, 3.63) is 0 Å². The van der Waals surface area contributed by atoms with Gasteiger partial charge < -0.3 is 15.7 Å². The maximum atomic E-state index is 9.10. The monoisotopic (exact) mass is 131 g/mol.